The van der Waals surface area contributed by atoms with Gasteiger partial charge in [0.2, 0.25) is 5.91 Å². The predicted molar refractivity (Wildman–Crippen MR) is 94.7 cm³/mol. The number of hydrogen-bond donors (Lipinski definition) is 1. The van der Waals surface area contributed by atoms with Crippen molar-refractivity contribution in [3.63, 3.8) is 0 Å². The van der Waals surface area contributed by atoms with E-state index in [0.717, 1.165) is 9.60 Å². The number of carbonyl (C=O) groups excluding carboxylic acids is 1. The fraction of sp³-hybridized carbons (Fsp3) is 0.176. The second-order valence-corrected chi connectivity index (χ2v) is 7.29. The first-order chi connectivity index (χ1) is 11.1. The van der Waals surface area contributed by atoms with Crippen LogP contribution in [0.2, 0.25) is 0 Å². The average Bonchev–Trinajstić information content (AvgIpc) is 2.90. The molecule has 1 aromatic heterocycles. The van der Waals surface area contributed by atoms with Crippen LogP contribution in [0.4, 0.5) is 9.52 Å². The second-order valence-electron chi connectivity index (χ2n) is 5.09. The van der Waals surface area contributed by atoms with E-state index in [1.807, 2.05) is 6.92 Å². The van der Waals surface area contributed by atoms with E-state index in [2.05, 4.69) is 34.6 Å². The van der Waals surface area contributed by atoms with E-state index < -0.39 is 0 Å². The summed E-state index contributed by atoms with van der Waals surface area (Å²) in [6, 6.07) is 12.6. The molecule has 118 valence electrons. The summed E-state index contributed by atoms with van der Waals surface area (Å²) in [6.07, 6.45) is 0.406. The van der Waals surface area contributed by atoms with Crippen molar-refractivity contribution in [2.75, 3.05) is 11.1 Å². The zero-order chi connectivity index (χ0) is 16.2. The minimum atomic E-state index is -0.298. The summed E-state index contributed by atoms with van der Waals surface area (Å²) < 4.78 is 13.9. The molecule has 0 aliphatic rings. The lowest BCUT2D eigenvalue weighted by atomic mass is 10.2. The average molecular weight is 346 g/mol. The van der Waals surface area contributed by atoms with Gasteiger partial charge in [-0.2, -0.15) is 0 Å². The van der Waals surface area contributed by atoms with Gasteiger partial charge in [0.05, 0.1) is 10.2 Å². The molecule has 0 bridgehead atoms. The Labute approximate surface area is 141 Å². The van der Waals surface area contributed by atoms with Gasteiger partial charge in [-0.3, -0.25) is 4.79 Å². The summed E-state index contributed by atoms with van der Waals surface area (Å²) in [5.74, 6) is 0.326. The van der Waals surface area contributed by atoms with Crippen LogP contribution in [-0.4, -0.2) is 16.6 Å². The summed E-state index contributed by atoms with van der Waals surface area (Å²) in [5, 5.41) is 3.29. The molecular formula is C17H15FN2OS2. The summed E-state index contributed by atoms with van der Waals surface area (Å²) in [5.41, 5.74) is 1.92. The molecule has 0 atom stereocenters. The first-order valence-corrected chi connectivity index (χ1v) is 8.96. The number of fused-ring (bicyclic) bond motifs is 1. The van der Waals surface area contributed by atoms with Crippen LogP contribution in [0.3, 0.4) is 0 Å². The van der Waals surface area contributed by atoms with E-state index in [0.29, 0.717) is 22.8 Å². The molecular weight excluding hydrogens is 331 g/mol. The molecule has 1 heterocycles. The van der Waals surface area contributed by atoms with Crippen molar-refractivity contribution in [3.8, 4) is 0 Å². The van der Waals surface area contributed by atoms with E-state index >= 15 is 0 Å². The number of nitrogens with zero attached hydrogens (tertiary/aromatic N) is 1. The van der Waals surface area contributed by atoms with Crippen molar-refractivity contribution in [2.24, 2.45) is 0 Å². The van der Waals surface area contributed by atoms with E-state index in [1.165, 1.54) is 29.0 Å². The number of thiazole rings is 1. The Hall–Kier alpha value is -1.92. The SMILES string of the molecule is Cc1ccc(SCCC(=O)Nc2nc3ccc(F)cc3s2)cc1. The number of halogens is 1. The topological polar surface area (TPSA) is 42.0 Å². The van der Waals surface area contributed by atoms with Gasteiger partial charge in [-0.05, 0) is 37.3 Å². The van der Waals surface area contributed by atoms with Gasteiger partial charge in [0, 0.05) is 17.1 Å². The number of aromatic nitrogens is 1. The predicted octanol–water partition coefficient (Wildman–Crippen LogP) is 4.86. The molecule has 3 nitrogen and oxygen atoms in total. The standard InChI is InChI=1S/C17H15FN2OS2/c1-11-2-5-13(6-3-11)22-9-8-16(21)20-17-19-14-7-4-12(18)10-15(14)23-17/h2-7,10H,8-9H2,1H3,(H,19,20,21). The maximum Gasteiger partial charge on any atom is 0.226 e. The van der Waals surface area contributed by atoms with Gasteiger partial charge < -0.3 is 5.32 Å². The first kappa shape index (κ1) is 16.0. The number of anilines is 1. The third-order valence-electron chi connectivity index (χ3n) is 3.22. The van der Waals surface area contributed by atoms with Gasteiger partial charge in [-0.25, -0.2) is 9.37 Å². The molecule has 1 amide bonds. The molecule has 3 aromatic rings. The molecule has 0 aliphatic heterocycles. The summed E-state index contributed by atoms with van der Waals surface area (Å²) in [6.45, 7) is 2.05. The summed E-state index contributed by atoms with van der Waals surface area (Å²) in [7, 11) is 0. The van der Waals surface area contributed by atoms with Crippen LogP contribution in [0, 0.1) is 12.7 Å². The fourth-order valence-electron chi connectivity index (χ4n) is 2.03. The van der Waals surface area contributed by atoms with Crippen molar-refractivity contribution in [3.05, 3.63) is 53.8 Å². The lowest BCUT2D eigenvalue weighted by Crippen LogP contribution is -2.11. The normalized spacial score (nSPS) is 10.9. The monoisotopic (exact) mass is 346 g/mol. The van der Waals surface area contributed by atoms with Crippen molar-refractivity contribution in [1.29, 1.82) is 0 Å². The Morgan fingerprint density at radius 3 is 2.83 bits per heavy atom. The largest absolute Gasteiger partial charge is 0.302 e. The number of benzene rings is 2. The second kappa shape index (κ2) is 7.10. The molecule has 1 N–H and O–H groups in total. The molecule has 3 rings (SSSR count). The highest BCUT2D eigenvalue weighted by Gasteiger charge is 2.08. The molecule has 6 heteroatoms. The Balaban J connectivity index is 1.53. The van der Waals surface area contributed by atoms with Gasteiger partial charge in [-0.15, -0.1) is 11.8 Å². The maximum atomic E-state index is 13.1. The van der Waals surface area contributed by atoms with Crippen LogP contribution < -0.4 is 5.32 Å². The molecule has 0 spiro atoms. The van der Waals surface area contributed by atoms with Crippen LogP contribution >= 0.6 is 23.1 Å². The van der Waals surface area contributed by atoms with Gasteiger partial charge in [-0.1, -0.05) is 29.0 Å². The third-order valence-corrected chi connectivity index (χ3v) is 5.16. The third kappa shape index (κ3) is 4.30. The summed E-state index contributed by atoms with van der Waals surface area (Å²) >= 11 is 2.93. The molecule has 0 aliphatic carbocycles. The van der Waals surface area contributed by atoms with Crippen LogP contribution in [0.1, 0.15) is 12.0 Å². The molecule has 0 radical (unpaired) electrons. The summed E-state index contributed by atoms with van der Waals surface area (Å²) in [4.78, 5) is 17.4. The van der Waals surface area contributed by atoms with Crippen LogP contribution in [0.15, 0.2) is 47.4 Å². The number of nitrogens with one attached hydrogen (secondary N) is 1. The van der Waals surface area contributed by atoms with Crippen LogP contribution in [0.5, 0.6) is 0 Å². The number of aryl methyl sites for hydroxylation is 1. The van der Waals surface area contributed by atoms with Crippen LogP contribution in [-0.2, 0) is 4.79 Å². The Morgan fingerprint density at radius 2 is 2.04 bits per heavy atom. The highest BCUT2D eigenvalue weighted by molar-refractivity contribution is 7.99. The van der Waals surface area contributed by atoms with E-state index in [4.69, 9.17) is 0 Å². The Bertz CT molecular complexity index is 830. The molecule has 2 aromatic carbocycles. The molecule has 0 saturated carbocycles. The van der Waals surface area contributed by atoms with Gasteiger partial charge in [0.25, 0.3) is 0 Å². The fourth-order valence-corrected chi connectivity index (χ4v) is 3.79. The lowest BCUT2D eigenvalue weighted by Gasteiger charge is -2.02. The number of rotatable bonds is 5. The van der Waals surface area contributed by atoms with E-state index in [1.54, 1.807) is 17.8 Å². The number of amides is 1. The van der Waals surface area contributed by atoms with Crippen molar-refractivity contribution >= 4 is 44.4 Å². The van der Waals surface area contributed by atoms with Gasteiger partial charge >= 0.3 is 0 Å². The zero-order valence-corrected chi connectivity index (χ0v) is 14.1. The van der Waals surface area contributed by atoms with Gasteiger partial charge in [0.15, 0.2) is 5.13 Å². The molecule has 0 saturated heterocycles. The highest BCUT2D eigenvalue weighted by atomic mass is 32.2. The Morgan fingerprint density at radius 1 is 1.26 bits per heavy atom. The lowest BCUT2D eigenvalue weighted by molar-refractivity contribution is -0.115. The minimum Gasteiger partial charge on any atom is -0.302 e. The number of carbonyl (C=O) groups is 1. The smallest absolute Gasteiger partial charge is 0.226 e. The quantitative estimate of drug-likeness (QED) is 0.671. The Kier molecular flexibility index (Phi) is 4.93. The number of hydrogen-bond acceptors (Lipinski definition) is 4. The molecule has 23 heavy (non-hydrogen) atoms. The minimum absolute atomic E-state index is 0.0795. The molecule has 0 unspecified atom stereocenters. The first-order valence-electron chi connectivity index (χ1n) is 7.15. The zero-order valence-electron chi connectivity index (χ0n) is 12.5. The van der Waals surface area contributed by atoms with Gasteiger partial charge in [0.1, 0.15) is 5.82 Å². The van der Waals surface area contributed by atoms with Crippen molar-refractivity contribution < 1.29 is 9.18 Å². The highest BCUT2D eigenvalue weighted by Crippen LogP contribution is 2.26. The van der Waals surface area contributed by atoms with E-state index in [9.17, 15) is 9.18 Å². The maximum absolute atomic E-state index is 13.1. The van der Waals surface area contributed by atoms with E-state index in [-0.39, 0.29) is 11.7 Å². The van der Waals surface area contributed by atoms with Crippen molar-refractivity contribution in [2.45, 2.75) is 18.2 Å². The van der Waals surface area contributed by atoms with Crippen LogP contribution in [0.25, 0.3) is 10.2 Å². The van der Waals surface area contributed by atoms with Crippen molar-refractivity contribution in [1.82, 2.24) is 4.98 Å². The molecule has 0 fully saturated rings. The number of thioether (sulfide) groups is 1.